The van der Waals surface area contributed by atoms with Gasteiger partial charge in [0.15, 0.2) is 0 Å². The van der Waals surface area contributed by atoms with Crippen molar-refractivity contribution in [3.05, 3.63) is 53.9 Å². The molecule has 0 spiro atoms. The average molecular weight is 501 g/mol. The van der Waals surface area contributed by atoms with Crippen LogP contribution in [0.5, 0.6) is 0 Å². The molecular weight excluding hydrogens is 481 g/mol. The minimum absolute atomic E-state index is 0. The predicted octanol–water partition coefficient (Wildman–Crippen LogP) is 3.35. The molecule has 0 aliphatic rings. The molecule has 1 aromatic carbocycles. The molecule has 0 unspecified atom stereocenters. The summed E-state index contributed by atoms with van der Waals surface area (Å²) < 4.78 is 4.50. The molecule has 0 bridgehead atoms. The maximum absolute atomic E-state index is 11.1. The fourth-order valence-electron chi connectivity index (χ4n) is 1.84. The Balaban J connectivity index is 0.00000361. The second kappa shape index (κ2) is 8.81. The number of nitrogens with one attached hydrogen (secondary N) is 1. The minimum atomic E-state index is -1.45. The van der Waals surface area contributed by atoms with Crippen LogP contribution in [0.3, 0.4) is 0 Å². The summed E-state index contributed by atoms with van der Waals surface area (Å²) in [5.41, 5.74) is 8.23. The fourth-order valence-corrected chi connectivity index (χ4v) is 3.87. The molecule has 0 heterocycles. The van der Waals surface area contributed by atoms with Crippen LogP contribution < -0.4 is 5.19 Å². The van der Waals surface area contributed by atoms with Gasteiger partial charge in [-0.1, -0.05) is 60.4 Å². The van der Waals surface area contributed by atoms with E-state index in [2.05, 4.69) is 36.5 Å². The van der Waals surface area contributed by atoms with Crippen LogP contribution in [-0.2, 0) is 9.53 Å². The Morgan fingerprint density at radius 1 is 1.35 bits per heavy atom. The third kappa shape index (κ3) is 5.55. The van der Waals surface area contributed by atoms with Crippen LogP contribution >= 0.6 is 0 Å². The quantitative estimate of drug-likeness (QED) is 0.269. The van der Waals surface area contributed by atoms with Gasteiger partial charge in [0, 0.05) is 44.1 Å². The molecule has 0 amide bonds. The van der Waals surface area contributed by atoms with Crippen LogP contribution in [0.1, 0.15) is 5.56 Å². The number of methoxy groups -OCH3 is 1. The second-order valence-electron chi connectivity index (χ2n) is 5.05. The Morgan fingerprint density at radius 2 is 1.90 bits per heavy atom. The molecule has 0 saturated heterocycles. The number of benzene rings is 1. The van der Waals surface area contributed by atoms with E-state index >= 15 is 0 Å². The van der Waals surface area contributed by atoms with E-state index in [4.69, 9.17) is 5.73 Å². The predicted molar refractivity (Wildman–Crippen MR) is 82.9 cm³/mol. The van der Waals surface area contributed by atoms with Gasteiger partial charge in [0.2, 0.25) is 0 Å². The zero-order valence-corrected chi connectivity index (χ0v) is 18.0. The number of carbonyl (C=O) groups excluding carboxylic acids is 1. The topological polar surface area (TPSA) is 50.1 Å². The molecule has 1 rings (SSSR count). The molecule has 0 aromatic heterocycles. The number of hydrogen-bond acceptors (Lipinski definition) is 2. The molecule has 105 valence electrons. The number of esters is 1. The summed E-state index contributed by atoms with van der Waals surface area (Å²) in [6.07, 6.45) is 3.48. The zero-order chi connectivity index (χ0) is 14.5. The van der Waals surface area contributed by atoms with Crippen molar-refractivity contribution in [1.82, 2.24) is 0 Å². The minimum Gasteiger partial charge on any atom is -0.693 e. The average Bonchev–Trinajstić information content (AvgIpc) is 2.38. The SMILES string of the molecule is C=CC[Si](C)(C)c1ccc(/C=C(/[NH-])C(=O)OC)cc1.[Ac]. The van der Waals surface area contributed by atoms with E-state index in [0.717, 1.165) is 11.6 Å². The van der Waals surface area contributed by atoms with Crippen LogP contribution in [0.4, 0.5) is 0 Å². The van der Waals surface area contributed by atoms with Gasteiger partial charge in [-0.05, 0) is 11.6 Å². The second-order valence-corrected chi connectivity index (χ2v) is 9.80. The number of rotatable bonds is 5. The van der Waals surface area contributed by atoms with Crippen LogP contribution in [-0.4, -0.2) is 21.2 Å². The first-order valence-corrected chi connectivity index (χ1v) is 9.34. The Bertz CT molecular complexity index is 495. The largest absolute Gasteiger partial charge is 0.693 e. The van der Waals surface area contributed by atoms with Gasteiger partial charge in [-0.2, -0.15) is 0 Å². The van der Waals surface area contributed by atoms with Gasteiger partial charge in [0.1, 0.15) is 0 Å². The van der Waals surface area contributed by atoms with Crippen molar-refractivity contribution in [2.24, 2.45) is 0 Å². The maximum Gasteiger partial charge on any atom is 0.315 e. The number of ether oxygens (including phenoxy) is 1. The molecule has 0 aliphatic heterocycles. The molecule has 1 radical (unpaired) electrons. The van der Waals surface area contributed by atoms with Crippen molar-refractivity contribution in [2.45, 2.75) is 19.1 Å². The van der Waals surface area contributed by atoms with Gasteiger partial charge in [0.25, 0.3) is 0 Å². The molecule has 3 nitrogen and oxygen atoms in total. The monoisotopic (exact) mass is 501 g/mol. The Hall–Kier alpha value is -0.372. The molecule has 0 saturated carbocycles. The van der Waals surface area contributed by atoms with Gasteiger partial charge < -0.3 is 10.5 Å². The maximum atomic E-state index is 11.1. The molecule has 0 fully saturated rings. The smallest absolute Gasteiger partial charge is 0.315 e. The molecule has 5 heteroatoms. The Kier molecular flexibility index (Phi) is 8.65. The molecule has 1 N–H and O–H groups in total. The normalized spacial score (nSPS) is 11.4. The zero-order valence-electron chi connectivity index (χ0n) is 12.3. The van der Waals surface area contributed by atoms with E-state index in [-0.39, 0.29) is 49.8 Å². The Labute approximate surface area is 157 Å². The third-order valence-electron chi connectivity index (χ3n) is 3.06. The molecule has 0 aliphatic carbocycles. The summed E-state index contributed by atoms with van der Waals surface area (Å²) in [6.45, 7) is 8.40. The van der Waals surface area contributed by atoms with E-state index in [0.29, 0.717) is 0 Å². The summed E-state index contributed by atoms with van der Waals surface area (Å²) in [4.78, 5) is 11.1. The number of carbonyl (C=O) groups is 1. The Morgan fingerprint density at radius 3 is 2.35 bits per heavy atom. The van der Waals surface area contributed by atoms with Crippen molar-refractivity contribution < 1.29 is 53.6 Å². The van der Waals surface area contributed by atoms with E-state index in [1.54, 1.807) is 0 Å². The first kappa shape index (κ1) is 19.6. The summed E-state index contributed by atoms with van der Waals surface area (Å²) in [5, 5.41) is 1.34. The summed E-state index contributed by atoms with van der Waals surface area (Å²) in [7, 11) is -0.173. The molecule has 20 heavy (non-hydrogen) atoms. The van der Waals surface area contributed by atoms with Gasteiger partial charge in [-0.15, -0.1) is 6.58 Å². The van der Waals surface area contributed by atoms with Crippen molar-refractivity contribution in [3.63, 3.8) is 0 Å². The van der Waals surface area contributed by atoms with Crippen molar-refractivity contribution >= 4 is 25.3 Å². The van der Waals surface area contributed by atoms with E-state index in [1.165, 1.54) is 18.4 Å². The van der Waals surface area contributed by atoms with Gasteiger partial charge in [-0.3, -0.25) is 0 Å². The molecule has 0 atom stereocenters. The van der Waals surface area contributed by atoms with E-state index in [9.17, 15) is 4.79 Å². The van der Waals surface area contributed by atoms with E-state index < -0.39 is 14.0 Å². The van der Waals surface area contributed by atoms with Gasteiger partial charge in [-0.25, -0.2) is 4.79 Å². The summed E-state index contributed by atoms with van der Waals surface area (Å²) >= 11 is 0. The van der Waals surface area contributed by atoms with Crippen LogP contribution in [0.2, 0.25) is 19.1 Å². The first-order chi connectivity index (χ1) is 8.90. The van der Waals surface area contributed by atoms with Crippen LogP contribution in [0, 0.1) is 44.1 Å². The number of allylic oxidation sites excluding steroid dienone is 1. The molecular formula is C15H20AcNO2Si-. The van der Waals surface area contributed by atoms with Crippen molar-refractivity contribution in [1.29, 1.82) is 0 Å². The standard InChI is InChI=1S/C15H20NO2Si.Ac/c1-5-10-19(3,4)13-8-6-12(7-9-13)11-14(16)15(17)18-2;/h5-9,11,16H,1,10H2,2-4H3;/q-1;/b14-11+;. The van der Waals surface area contributed by atoms with Crippen LogP contribution in [0.15, 0.2) is 42.6 Å². The molecule has 1 aromatic rings. The van der Waals surface area contributed by atoms with Gasteiger partial charge >= 0.3 is 5.97 Å². The third-order valence-corrected chi connectivity index (χ3v) is 6.27. The van der Waals surface area contributed by atoms with Gasteiger partial charge in [0.05, 0.1) is 15.2 Å². The van der Waals surface area contributed by atoms with Crippen molar-refractivity contribution in [2.75, 3.05) is 7.11 Å². The van der Waals surface area contributed by atoms with E-state index in [1.807, 2.05) is 18.2 Å². The fraction of sp³-hybridized carbons (Fsp3) is 0.267. The summed E-state index contributed by atoms with van der Waals surface area (Å²) in [5.74, 6) is -0.620. The van der Waals surface area contributed by atoms with Crippen molar-refractivity contribution in [3.8, 4) is 0 Å². The number of hydrogen-bond donors (Lipinski definition) is 0. The first-order valence-electron chi connectivity index (χ1n) is 6.14. The summed E-state index contributed by atoms with van der Waals surface area (Å²) in [6, 6.07) is 9.06. The van der Waals surface area contributed by atoms with Crippen LogP contribution in [0.25, 0.3) is 11.8 Å².